The quantitative estimate of drug-likeness (QED) is 0.227. The van der Waals surface area contributed by atoms with Gasteiger partial charge in [0.05, 0.1) is 6.54 Å². The molecule has 0 aromatic heterocycles. The highest BCUT2D eigenvalue weighted by molar-refractivity contribution is 5.97. The molecule has 1 aromatic carbocycles. The van der Waals surface area contributed by atoms with Crippen molar-refractivity contribution in [1.82, 2.24) is 5.32 Å². The fraction of sp³-hybridized carbons (Fsp3) is 0.708. The minimum Gasteiger partial charge on any atom is -0.310 e. The van der Waals surface area contributed by atoms with Gasteiger partial charge < -0.3 is 5.32 Å². The van der Waals surface area contributed by atoms with E-state index in [1.54, 1.807) is 0 Å². The Morgan fingerprint density at radius 3 is 1.65 bits per heavy atom. The summed E-state index contributed by atoms with van der Waals surface area (Å²) in [5, 5.41) is 3.28. The average molecular weight is 360 g/mol. The second kappa shape index (κ2) is 17.3. The molecule has 26 heavy (non-hydrogen) atoms. The molecule has 0 bridgehead atoms. The van der Waals surface area contributed by atoms with Gasteiger partial charge >= 0.3 is 0 Å². The number of benzene rings is 1. The van der Waals surface area contributed by atoms with Crippen LogP contribution in [0.15, 0.2) is 30.3 Å². The zero-order valence-corrected chi connectivity index (χ0v) is 17.1. The Kier molecular flexibility index (Phi) is 15.2. The summed E-state index contributed by atoms with van der Waals surface area (Å²) in [6.07, 6.45) is 19.4. The smallest absolute Gasteiger partial charge is 0.176 e. The lowest BCUT2D eigenvalue weighted by atomic mass is 10.0. The van der Waals surface area contributed by atoms with Crippen LogP contribution < -0.4 is 5.32 Å². The summed E-state index contributed by atoms with van der Waals surface area (Å²) in [4.78, 5) is 11.9. The van der Waals surface area contributed by atoms with Crippen molar-refractivity contribution < 1.29 is 4.79 Å². The second-order valence-corrected chi connectivity index (χ2v) is 7.56. The third-order valence-electron chi connectivity index (χ3n) is 5.09. The van der Waals surface area contributed by atoms with Crippen LogP contribution in [0.4, 0.5) is 0 Å². The molecule has 0 amide bonds. The predicted molar refractivity (Wildman–Crippen MR) is 114 cm³/mol. The highest BCUT2D eigenvalue weighted by atomic mass is 16.1. The second-order valence-electron chi connectivity index (χ2n) is 7.56. The van der Waals surface area contributed by atoms with Crippen LogP contribution in [0.5, 0.6) is 0 Å². The minimum atomic E-state index is 0.191. The van der Waals surface area contributed by atoms with Crippen LogP contribution in [0.3, 0.4) is 0 Å². The molecule has 1 aromatic rings. The molecule has 0 fully saturated rings. The molecule has 0 spiro atoms. The molecule has 0 atom stereocenters. The third-order valence-corrected chi connectivity index (χ3v) is 5.09. The molecule has 0 unspecified atom stereocenters. The van der Waals surface area contributed by atoms with E-state index in [-0.39, 0.29) is 5.78 Å². The first-order valence-corrected chi connectivity index (χ1v) is 11.1. The molecule has 1 rings (SSSR count). The van der Waals surface area contributed by atoms with E-state index in [2.05, 4.69) is 12.2 Å². The van der Waals surface area contributed by atoms with Gasteiger partial charge in [-0.1, -0.05) is 121 Å². The van der Waals surface area contributed by atoms with Crippen LogP contribution in [0.2, 0.25) is 0 Å². The van der Waals surface area contributed by atoms with Crippen LogP contribution in [-0.2, 0) is 0 Å². The fourth-order valence-corrected chi connectivity index (χ4v) is 3.37. The van der Waals surface area contributed by atoms with Crippen LogP contribution in [0.25, 0.3) is 0 Å². The first-order valence-electron chi connectivity index (χ1n) is 11.1. The summed E-state index contributed by atoms with van der Waals surface area (Å²) >= 11 is 0. The monoisotopic (exact) mass is 359 g/mol. The Morgan fingerprint density at radius 1 is 0.692 bits per heavy atom. The van der Waals surface area contributed by atoms with Crippen LogP contribution in [-0.4, -0.2) is 18.9 Å². The number of hydrogen-bond donors (Lipinski definition) is 1. The fourth-order valence-electron chi connectivity index (χ4n) is 3.37. The molecule has 0 heterocycles. The number of unbranched alkanes of at least 4 members (excludes halogenated alkanes) is 13. The minimum absolute atomic E-state index is 0.191. The Bertz CT molecular complexity index is 429. The maximum atomic E-state index is 11.9. The zero-order chi connectivity index (χ0) is 18.7. The van der Waals surface area contributed by atoms with Crippen molar-refractivity contribution in [2.45, 2.75) is 96.8 Å². The molecule has 0 aliphatic rings. The Hall–Kier alpha value is -1.15. The SMILES string of the molecule is CCCCCCCCCCCCCCCCNCC(=O)c1ccccc1. The molecule has 148 valence electrons. The van der Waals surface area contributed by atoms with E-state index in [1.807, 2.05) is 30.3 Å². The molecule has 0 aliphatic carbocycles. The van der Waals surface area contributed by atoms with E-state index < -0.39 is 0 Å². The summed E-state index contributed by atoms with van der Waals surface area (Å²) in [6.45, 7) is 3.70. The van der Waals surface area contributed by atoms with Crippen molar-refractivity contribution in [3.8, 4) is 0 Å². The van der Waals surface area contributed by atoms with Gasteiger partial charge in [0.2, 0.25) is 0 Å². The molecule has 0 aliphatic heterocycles. The summed E-state index contributed by atoms with van der Waals surface area (Å²) in [5.41, 5.74) is 0.806. The number of ketones is 1. The van der Waals surface area contributed by atoms with Crippen molar-refractivity contribution in [3.63, 3.8) is 0 Å². The lowest BCUT2D eigenvalue weighted by molar-refractivity contribution is 0.0991. The summed E-state index contributed by atoms with van der Waals surface area (Å²) in [7, 11) is 0. The number of carbonyl (C=O) groups is 1. The summed E-state index contributed by atoms with van der Waals surface area (Å²) in [5.74, 6) is 0.191. The van der Waals surface area contributed by atoms with Gasteiger partial charge in [-0.3, -0.25) is 4.79 Å². The summed E-state index contributed by atoms with van der Waals surface area (Å²) < 4.78 is 0. The maximum absolute atomic E-state index is 11.9. The standard InChI is InChI=1S/C24H41NO/c1-2-3-4-5-6-7-8-9-10-11-12-13-14-18-21-25-22-24(26)23-19-16-15-17-20-23/h15-17,19-20,25H,2-14,18,21-22H2,1H3. The highest BCUT2D eigenvalue weighted by Gasteiger charge is 2.03. The molecule has 0 radical (unpaired) electrons. The Balaban J connectivity index is 1.76. The number of rotatable bonds is 18. The van der Waals surface area contributed by atoms with Crippen molar-refractivity contribution >= 4 is 5.78 Å². The number of carbonyl (C=O) groups excluding carboxylic acids is 1. The average Bonchev–Trinajstić information content (AvgIpc) is 2.68. The Labute approximate surface area is 162 Å². The van der Waals surface area contributed by atoms with E-state index >= 15 is 0 Å². The van der Waals surface area contributed by atoms with Crippen LogP contribution in [0, 0.1) is 0 Å². The van der Waals surface area contributed by atoms with Gasteiger partial charge in [-0.15, -0.1) is 0 Å². The zero-order valence-electron chi connectivity index (χ0n) is 17.1. The maximum Gasteiger partial charge on any atom is 0.176 e. The van der Waals surface area contributed by atoms with Gasteiger partial charge in [-0.05, 0) is 13.0 Å². The van der Waals surface area contributed by atoms with Crippen molar-refractivity contribution in [2.24, 2.45) is 0 Å². The molecular formula is C24H41NO. The van der Waals surface area contributed by atoms with Gasteiger partial charge in [0.15, 0.2) is 5.78 Å². The molecule has 2 nitrogen and oxygen atoms in total. The van der Waals surface area contributed by atoms with Crippen molar-refractivity contribution in [1.29, 1.82) is 0 Å². The summed E-state index contributed by atoms with van der Waals surface area (Å²) in [6, 6.07) is 9.55. The molecule has 2 heteroatoms. The van der Waals surface area contributed by atoms with Crippen LogP contribution in [0.1, 0.15) is 107 Å². The molecule has 1 N–H and O–H groups in total. The molecular weight excluding hydrogens is 318 g/mol. The third kappa shape index (κ3) is 13.1. The van der Waals surface area contributed by atoms with E-state index in [0.29, 0.717) is 6.54 Å². The van der Waals surface area contributed by atoms with Gasteiger partial charge in [0, 0.05) is 5.56 Å². The van der Waals surface area contributed by atoms with E-state index in [9.17, 15) is 4.79 Å². The number of Topliss-reactive ketones (excluding diaryl/α,β-unsaturated/α-hetero) is 1. The van der Waals surface area contributed by atoms with E-state index in [4.69, 9.17) is 0 Å². The highest BCUT2D eigenvalue weighted by Crippen LogP contribution is 2.12. The lowest BCUT2D eigenvalue weighted by Crippen LogP contribution is -2.23. The number of hydrogen-bond acceptors (Lipinski definition) is 2. The van der Waals surface area contributed by atoms with Gasteiger partial charge in [0.25, 0.3) is 0 Å². The predicted octanol–water partition coefficient (Wildman–Crippen LogP) is 6.94. The largest absolute Gasteiger partial charge is 0.310 e. The van der Waals surface area contributed by atoms with Gasteiger partial charge in [-0.2, -0.15) is 0 Å². The first-order chi connectivity index (χ1) is 12.8. The molecule has 0 saturated carbocycles. The first kappa shape index (κ1) is 22.9. The van der Waals surface area contributed by atoms with Crippen molar-refractivity contribution in [2.75, 3.05) is 13.1 Å². The van der Waals surface area contributed by atoms with Crippen LogP contribution >= 0.6 is 0 Å². The van der Waals surface area contributed by atoms with E-state index in [1.165, 1.54) is 89.9 Å². The van der Waals surface area contributed by atoms with Gasteiger partial charge in [-0.25, -0.2) is 0 Å². The lowest BCUT2D eigenvalue weighted by Gasteiger charge is -2.05. The van der Waals surface area contributed by atoms with Crippen molar-refractivity contribution in [3.05, 3.63) is 35.9 Å². The molecule has 0 saturated heterocycles. The number of nitrogens with one attached hydrogen (secondary N) is 1. The van der Waals surface area contributed by atoms with Gasteiger partial charge in [0.1, 0.15) is 0 Å². The normalized spacial score (nSPS) is 11.0. The Morgan fingerprint density at radius 2 is 1.15 bits per heavy atom. The van der Waals surface area contributed by atoms with E-state index in [0.717, 1.165) is 12.1 Å². The topological polar surface area (TPSA) is 29.1 Å².